The third kappa shape index (κ3) is 2.85. The molecule has 0 aliphatic rings. The highest BCUT2D eigenvalue weighted by molar-refractivity contribution is 9.10. The molecule has 2 aromatic rings. The summed E-state index contributed by atoms with van der Waals surface area (Å²) in [5.41, 5.74) is 3.97. The van der Waals surface area contributed by atoms with Gasteiger partial charge in [-0.15, -0.1) is 11.3 Å². The van der Waals surface area contributed by atoms with Crippen LogP contribution in [0.1, 0.15) is 34.5 Å². The Bertz CT molecular complexity index is 533. The van der Waals surface area contributed by atoms with Gasteiger partial charge in [0.1, 0.15) is 0 Å². The van der Waals surface area contributed by atoms with Crippen LogP contribution in [0.3, 0.4) is 0 Å². The Balaban J connectivity index is 2.45. The summed E-state index contributed by atoms with van der Waals surface area (Å²) in [6.45, 7) is 7.41. The third-order valence-corrected chi connectivity index (χ3v) is 4.63. The summed E-state index contributed by atoms with van der Waals surface area (Å²) in [5, 5.41) is 5.74. The predicted octanol–water partition coefficient (Wildman–Crippen LogP) is 4.83. The van der Waals surface area contributed by atoms with E-state index in [1.165, 1.54) is 26.0 Å². The molecule has 1 atom stereocenters. The fourth-order valence-electron chi connectivity index (χ4n) is 2.15. The zero-order chi connectivity index (χ0) is 13.1. The van der Waals surface area contributed by atoms with Gasteiger partial charge in [0.25, 0.3) is 0 Å². The van der Waals surface area contributed by atoms with Crippen molar-refractivity contribution >= 4 is 27.3 Å². The molecule has 96 valence electrons. The molecule has 18 heavy (non-hydrogen) atoms. The Morgan fingerprint density at radius 2 is 2.00 bits per heavy atom. The molecule has 1 aromatic heterocycles. The van der Waals surface area contributed by atoms with Crippen LogP contribution >= 0.6 is 27.3 Å². The second-order valence-electron chi connectivity index (χ2n) is 4.45. The van der Waals surface area contributed by atoms with E-state index in [9.17, 15) is 0 Å². The van der Waals surface area contributed by atoms with Crippen LogP contribution in [0, 0.1) is 13.8 Å². The van der Waals surface area contributed by atoms with Crippen molar-refractivity contribution in [3.63, 3.8) is 0 Å². The van der Waals surface area contributed by atoms with Gasteiger partial charge < -0.3 is 5.32 Å². The minimum Gasteiger partial charge on any atom is -0.306 e. The number of halogens is 1. The third-order valence-electron chi connectivity index (χ3n) is 3.09. The monoisotopic (exact) mass is 323 g/mol. The fourth-order valence-corrected chi connectivity index (χ4v) is 3.62. The van der Waals surface area contributed by atoms with Gasteiger partial charge in [0, 0.05) is 9.35 Å². The summed E-state index contributed by atoms with van der Waals surface area (Å²) in [6.07, 6.45) is 0. The maximum atomic E-state index is 3.69. The van der Waals surface area contributed by atoms with E-state index in [0.717, 1.165) is 6.54 Å². The van der Waals surface area contributed by atoms with Crippen molar-refractivity contribution in [1.82, 2.24) is 5.32 Å². The first-order chi connectivity index (χ1) is 8.63. The van der Waals surface area contributed by atoms with Gasteiger partial charge in [0.15, 0.2) is 0 Å². The summed E-state index contributed by atoms with van der Waals surface area (Å²) in [5.74, 6) is 0. The van der Waals surface area contributed by atoms with Gasteiger partial charge in [-0.25, -0.2) is 0 Å². The molecule has 1 unspecified atom stereocenters. The van der Waals surface area contributed by atoms with Crippen molar-refractivity contribution in [3.8, 4) is 0 Å². The molecule has 0 spiro atoms. The van der Waals surface area contributed by atoms with E-state index in [4.69, 9.17) is 0 Å². The van der Waals surface area contributed by atoms with Crippen LogP contribution in [0.5, 0.6) is 0 Å². The van der Waals surface area contributed by atoms with E-state index in [1.54, 1.807) is 11.3 Å². The van der Waals surface area contributed by atoms with Crippen LogP contribution < -0.4 is 5.32 Å². The number of hydrogen-bond acceptors (Lipinski definition) is 2. The average molecular weight is 324 g/mol. The molecule has 1 heterocycles. The number of aryl methyl sites for hydroxylation is 2. The zero-order valence-corrected chi connectivity index (χ0v) is 13.4. The molecule has 0 saturated heterocycles. The highest BCUT2D eigenvalue weighted by Crippen LogP contribution is 2.32. The summed E-state index contributed by atoms with van der Waals surface area (Å²) in [6, 6.07) is 9.06. The van der Waals surface area contributed by atoms with Crippen molar-refractivity contribution in [2.24, 2.45) is 0 Å². The van der Waals surface area contributed by atoms with Crippen LogP contribution in [-0.2, 0) is 0 Å². The minimum absolute atomic E-state index is 0.274. The molecule has 0 aliphatic heterocycles. The lowest BCUT2D eigenvalue weighted by atomic mass is 9.98. The highest BCUT2D eigenvalue weighted by Gasteiger charge is 2.18. The Labute approximate surface area is 121 Å². The molecule has 0 fully saturated rings. The molecular formula is C15H18BrNS. The standard InChI is InChI=1S/C15H18BrNS/c1-4-17-15(12-7-8-18-11(12)3)13-6-5-10(2)9-14(13)16/h5-9,15,17H,4H2,1-3H3. The maximum Gasteiger partial charge on any atom is 0.0598 e. The van der Waals surface area contributed by atoms with Gasteiger partial charge in [-0.3, -0.25) is 0 Å². The predicted molar refractivity (Wildman–Crippen MR) is 83.5 cm³/mol. The quantitative estimate of drug-likeness (QED) is 0.850. The normalized spacial score (nSPS) is 12.7. The number of benzene rings is 1. The lowest BCUT2D eigenvalue weighted by molar-refractivity contribution is 0.628. The zero-order valence-electron chi connectivity index (χ0n) is 11.0. The molecule has 1 aromatic carbocycles. The van der Waals surface area contributed by atoms with Crippen molar-refractivity contribution in [2.45, 2.75) is 26.8 Å². The van der Waals surface area contributed by atoms with E-state index in [2.05, 4.69) is 71.7 Å². The number of rotatable bonds is 4. The van der Waals surface area contributed by atoms with E-state index in [1.807, 2.05) is 0 Å². The Hall–Kier alpha value is -0.640. The van der Waals surface area contributed by atoms with Gasteiger partial charge in [0.05, 0.1) is 6.04 Å². The summed E-state index contributed by atoms with van der Waals surface area (Å²) >= 11 is 5.50. The molecular weight excluding hydrogens is 306 g/mol. The summed E-state index contributed by atoms with van der Waals surface area (Å²) < 4.78 is 1.18. The highest BCUT2D eigenvalue weighted by atomic mass is 79.9. The van der Waals surface area contributed by atoms with Crippen LogP contribution in [0.4, 0.5) is 0 Å². The number of hydrogen-bond donors (Lipinski definition) is 1. The Morgan fingerprint density at radius 3 is 2.56 bits per heavy atom. The van der Waals surface area contributed by atoms with E-state index >= 15 is 0 Å². The SMILES string of the molecule is CCNC(c1ccc(C)cc1Br)c1ccsc1C. The first-order valence-corrected chi connectivity index (χ1v) is 7.84. The second kappa shape index (κ2) is 6.00. The van der Waals surface area contributed by atoms with E-state index in [0.29, 0.717) is 0 Å². The average Bonchev–Trinajstić information content (AvgIpc) is 2.73. The molecule has 0 bridgehead atoms. The Kier molecular flexibility index (Phi) is 4.60. The number of nitrogens with one attached hydrogen (secondary N) is 1. The Morgan fingerprint density at radius 1 is 1.22 bits per heavy atom. The summed E-state index contributed by atoms with van der Waals surface area (Å²) in [4.78, 5) is 1.38. The molecule has 3 heteroatoms. The maximum absolute atomic E-state index is 3.69. The van der Waals surface area contributed by atoms with Crippen LogP contribution in [0.25, 0.3) is 0 Å². The molecule has 0 aliphatic carbocycles. The fraction of sp³-hybridized carbons (Fsp3) is 0.333. The lowest BCUT2D eigenvalue weighted by Gasteiger charge is -2.20. The summed E-state index contributed by atoms with van der Waals surface area (Å²) in [7, 11) is 0. The minimum atomic E-state index is 0.274. The first-order valence-electron chi connectivity index (χ1n) is 6.17. The van der Waals surface area contributed by atoms with E-state index < -0.39 is 0 Å². The topological polar surface area (TPSA) is 12.0 Å². The molecule has 0 saturated carbocycles. The van der Waals surface area contributed by atoms with Gasteiger partial charge in [-0.1, -0.05) is 35.0 Å². The molecule has 1 nitrogen and oxygen atoms in total. The van der Waals surface area contributed by atoms with Gasteiger partial charge in [-0.2, -0.15) is 0 Å². The van der Waals surface area contributed by atoms with Crippen molar-refractivity contribution in [1.29, 1.82) is 0 Å². The van der Waals surface area contributed by atoms with Gasteiger partial charge >= 0.3 is 0 Å². The van der Waals surface area contributed by atoms with E-state index in [-0.39, 0.29) is 6.04 Å². The second-order valence-corrected chi connectivity index (χ2v) is 6.42. The molecule has 2 rings (SSSR count). The van der Waals surface area contributed by atoms with Crippen molar-refractivity contribution in [2.75, 3.05) is 6.54 Å². The van der Waals surface area contributed by atoms with Crippen molar-refractivity contribution in [3.05, 3.63) is 55.7 Å². The van der Waals surface area contributed by atoms with Gasteiger partial charge in [-0.05, 0) is 54.6 Å². The number of thiophene rings is 1. The largest absolute Gasteiger partial charge is 0.306 e. The smallest absolute Gasteiger partial charge is 0.0598 e. The molecule has 0 amide bonds. The first kappa shape index (κ1) is 13.8. The van der Waals surface area contributed by atoms with Gasteiger partial charge in [0.2, 0.25) is 0 Å². The lowest BCUT2D eigenvalue weighted by Crippen LogP contribution is -2.22. The van der Waals surface area contributed by atoms with Crippen LogP contribution in [0.15, 0.2) is 34.1 Å². The van der Waals surface area contributed by atoms with Crippen LogP contribution in [0.2, 0.25) is 0 Å². The van der Waals surface area contributed by atoms with Crippen LogP contribution in [-0.4, -0.2) is 6.54 Å². The van der Waals surface area contributed by atoms with Crippen molar-refractivity contribution < 1.29 is 0 Å². The molecule has 1 N–H and O–H groups in total. The molecule has 0 radical (unpaired) electrons.